The highest BCUT2D eigenvalue weighted by Gasteiger charge is 2.37. The predicted molar refractivity (Wildman–Crippen MR) is 153 cm³/mol. The number of carbonyl (C=O) groups excluding carboxylic acids is 3. The Morgan fingerprint density at radius 3 is 2.24 bits per heavy atom. The Balaban J connectivity index is 2.04. The summed E-state index contributed by atoms with van der Waals surface area (Å²) in [6.07, 6.45) is 7.28. The van der Waals surface area contributed by atoms with Crippen LogP contribution in [0.3, 0.4) is 0 Å². The molecule has 38 heavy (non-hydrogen) atoms. The number of alkyl halides is 1. The molecule has 0 atom stereocenters. The van der Waals surface area contributed by atoms with Crippen molar-refractivity contribution in [3.8, 4) is 0 Å². The van der Waals surface area contributed by atoms with E-state index in [0.717, 1.165) is 10.1 Å². The van der Waals surface area contributed by atoms with Crippen molar-refractivity contribution < 1.29 is 27.4 Å². The van der Waals surface area contributed by atoms with E-state index < -0.39 is 27.7 Å². The van der Waals surface area contributed by atoms with Gasteiger partial charge in [0.05, 0.1) is 15.8 Å². The zero-order chi connectivity index (χ0) is 28.5. The van der Waals surface area contributed by atoms with E-state index in [-0.39, 0.29) is 35.4 Å². The normalized spacial score (nSPS) is 17.8. The summed E-state index contributed by atoms with van der Waals surface area (Å²) in [4.78, 5) is 41.8. The van der Waals surface area contributed by atoms with Crippen LogP contribution in [0, 0.1) is 0 Å². The molecule has 1 N–H and O–H groups in total. The number of amides is 3. The summed E-state index contributed by atoms with van der Waals surface area (Å²) >= 11 is 12.4. The van der Waals surface area contributed by atoms with Gasteiger partial charge in [-0.2, -0.15) is 13.5 Å². The van der Waals surface area contributed by atoms with Crippen molar-refractivity contribution in [1.29, 1.82) is 0 Å². The lowest BCUT2D eigenvalue weighted by molar-refractivity contribution is -0.133. The van der Waals surface area contributed by atoms with E-state index in [0.29, 0.717) is 32.6 Å². The van der Waals surface area contributed by atoms with Gasteiger partial charge in [0.1, 0.15) is 11.5 Å². The van der Waals surface area contributed by atoms with Crippen LogP contribution in [-0.4, -0.2) is 105 Å². The van der Waals surface area contributed by atoms with Crippen molar-refractivity contribution in [2.45, 2.75) is 33.6 Å². The SMILES string of the molecule is CCN1C(=O)C(=C/C=C/C=C2\SC(C)=NN2CCCN(CCCS(=O)(=O)O)C(=O)CCl)C(=O)N(CC)C1=S. The number of thiocarbonyl (C=S) groups is 1. The smallest absolute Gasteiger partial charge is 0.265 e. The quantitative estimate of drug-likeness (QED) is 0.111. The summed E-state index contributed by atoms with van der Waals surface area (Å²) in [7, 11) is -4.10. The summed E-state index contributed by atoms with van der Waals surface area (Å²) in [5.74, 6) is -1.82. The Kier molecular flexibility index (Phi) is 12.4. The summed E-state index contributed by atoms with van der Waals surface area (Å²) in [6.45, 7) is 7.18. The van der Waals surface area contributed by atoms with E-state index in [1.54, 1.807) is 31.0 Å². The van der Waals surface area contributed by atoms with Crippen LogP contribution < -0.4 is 0 Å². The Labute approximate surface area is 237 Å². The molecule has 2 rings (SSSR count). The monoisotopic (exact) mass is 605 g/mol. The molecule has 2 aliphatic heterocycles. The van der Waals surface area contributed by atoms with Crippen molar-refractivity contribution in [2.75, 3.05) is 44.4 Å². The van der Waals surface area contributed by atoms with Gasteiger partial charge in [0.15, 0.2) is 5.11 Å². The van der Waals surface area contributed by atoms with Crippen molar-refractivity contribution in [1.82, 2.24) is 19.7 Å². The average Bonchev–Trinajstić information content (AvgIpc) is 3.20. The lowest BCUT2D eigenvalue weighted by Gasteiger charge is -2.35. The maximum absolute atomic E-state index is 12.7. The van der Waals surface area contributed by atoms with Crippen LogP contribution in [0.1, 0.15) is 33.6 Å². The third-order valence-electron chi connectivity index (χ3n) is 5.52. The van der Waals surface area contributed by atoms with Gasteiger partial charge in [-0.05, 0) is 58.0 Å². The van der Waals surface area contributed by atoms with Gasteiger partial charge < -0.3 is 4.90 Å². The summed E-state index contributed by atoms with van der Waals surface area (Å²) < 4.78 is 30.8. The minimum atomic E-state index is -4.10. The molecule has 210 valence electrons. The second-order valence-corrected chi connectivity index (χ2v) is 11.6. The average molecular weight is 606 g/mol. The molecule has 3 amide bonds. The number of thioether (sulfide) groups is 1. The summed E-state index contributed by atoms with van der Waals surface area (Å²) in [6, 6.07) is 0. The van der Waals surface area contributed by atoms with E-state index in [4.69, 9.17) is 28.4 Å². The molecule has 0 aromatic heterocycles. The highest BCUT2D eigenvalue weighted by Crippen LogP contribution is 2.29. The standard InChI is InChI=1S/C23H32ClN5O6S3/c1-4-27-21(31)18(22(32)28(5-2)23(27)36)10-6-7-11-20-29(25-17(3)37-20)14-8-12-26(19(30)16-24)13-9-15-38(33,34)35/h6-7,10-11H,4-5,8-9,12-16H2,1-3H3,(H,33,34,35)/b7-6+,20-11-. The molecular weight excluding hydrogens is 574 g/mol. The molecule has 0 aromatic carbocycles. The van der Waals surface area contributed by atoms with Crippen molar-refractivity contribution >= 4 is 73.6 Å². The Bertz CT molecular complexity index is 1140. The van der Waals surface area contributed by atoms with Gasteiger partial charge >= 0.3 is 0 Å². The molecule has 0 aliphatic carbocycles. The van der Waals surface area contributed by atoms with Crippen LogP contribution in [0.5, 0.6) is 0 Å². The number of halogens is 1. The summed E-state index contributed by atoms with van der Waals surface area (Å²) in [5.41, 5.74) is 0.0401. The zero-order valence-corrected chi connectivity index (χ0v) is 24.7. The first-order valence-corrected chi connectivity index (χ1v) is 15.4. The predicted octanol–water partition coefficient (Wildman–Crippen LogP) is 2.42. The zero-order valence-electron chi connectivity index (χ0n) is 21.5. The van der Waals surface area contributed by atoms with E-state index >= 15 is 0 Å². The summed E-state index contributed by atoms with van der Waals surface area (Å²) in [5, 5.41) is 8.13. The fourth-order valence-corrected chi connectivity index (χ4v) is 5.62. The Morgan fingerprint density at radius 2 is 1.68 bits per heavy atom. The first-order valence-electron chi connectivity index (χ1n) is 12.0. The number of allylic oxidation sites excluding steroid dienone is 4. The van der Waals surface area contributed by atoms with Crippen LogP contribution in [0.4, 0.5) is 0 Å². The molecule has 0 radical (unpaired) electrons. The largest absolute Gasteiger partial charge is 0.342 e. The van der Waals surface area contributed by atoms with E-state index in [2.05, 4.69) is 5.10 Å². The molecule has 0 spiro atoms. The number of likely N-dealkylation sites (N-methyl/N-ethyl adjacent to an activating group) is 2. The van der Waals surface area contributed by atoms with Crippen LogP contribution in [0.15, 0.2) is 40.0 Å². The Morgan fingerprint density at radius 1 is 1.11 bits per heavy atom. The number of carbonyl (C=O) groups is 3. The van der Waals surface area contributed by atoms with Gasteiger partial charge in [-0.3, -0.25) is 33.7 Å². The van der Waals surface area contributed by atoms with Crippen LogP contribution in [0.2, 0.25) is 0 Å². The van der Waals surface area contributed by atoms with Crippen LogP contribution in [-0.2, 0) is 24.5 Å². The minimum absolute atomic E-state index is 0.0401. The third-order valence-corrected chi connectivity index (χ3v) is 7.93. The number of rotatable bonds is 13. The first-order chi connectivity index (χ1) is 17.9. The molecule has 11 nitrogen and oxygen atoms in total. The number of nitrogens with zero attached hydrogens (tertiary/aromatic N) is 5. The van der Waals surface area contributed by atoms with Gasteiger partial charge in [0, 0.05) is 32.7 Å². The van der Waals surface area contributed by atoms with Crippen molar-refractivity contribution in [3.63, 3.8) is 0 Å². The number of hydrogen-bond donors (Lipinski definition) is 1. The second kappa shape index (κ2) is 14.8. The molecule has 0 aromatic rings. The topological polar surface area (TPSA) is 131 Å². The maximum atomic E-state index is 12.7. The van der Waals surface area contributed by atoms with Gasteiger partial charge in [-0.1, -0.05) is 23.9 Å². The van der Waals surface area contributed by atoms with E-state index in [9.17, 15) is 22.8 Å². The lowest BCUT2D eigenvalue weighted by atomic mass is 10.1. The maximum Gasteiger partial charge on any atom is 0.265 e. The fraction of sp³-hybridized carbons (Fsp3) is 0.522. The fourth-order valence-electron chi connectivity index (χ4n) is 3.71. The van der Waals surface area contributed by atoms with Crippen molar-refractivity contribution in [3.05, 3.63) is 34.9 Å². The third kappa shape index (κ3) is 8.90. The molecule has 0 bridgehead atoms. The molecule has 0 unspecified atom stereocenters. The van der Waals surface area contributed by atoms with Crippen molar-refractivity contribution in [2.24, 2.45) is 5.10 Å². The molecule has 15 heteroatoms. The van der Waals surface area contributed by atoms with Gasteiger partial charge in [0.25, 0.3) is 21.9 Å². The number of hydrazone groups is 1. The lowest BCUT2D eigenvalue weighted by Crippen LogP contribution is -2.55. The van der Waals surface area contributed by atoms with E-state index in [1.165, 1.54) is 32.5 Å². The second-order valence-electron chi connectivity index (χ2n) is 8.20. The highest BCUT2D eigenvalue weighted by atomic mass is 35.5. The molecule has 2 aliphatic rings. The Hall–Kier alpha value is -2.26. The molecule has 1 fully saturated rings. The van der Waals surface area contributed by atoms with Gasteiger partial charge in [0.2, 0.25) is 5.91 Å². The number of hydrogen-bond acceptors (Lipinski definition) is 9. The molecule has 2 heterocycles. The first kappa shape index (κ1) is 32.0. The van der Waals surface area contributed by atoms with E-state index in [1.807, 2.05) is 13.0 Å². The van der Waals surface area contributed by atoms with Crippen LogP contribution in [0.25, 0.3) is 0 Å². The highest BCUT2D eigenvalue weighted by molar-refractivity contribution is 8.17. The molecule has 1 saturated heterocycles. The molecular formula is C23H32ClN5O6S3. The van der Waals surface area contributed by atoms with Gasteiger partial charge in [-0.25, -0.2) is 0 Å². The van der Waals surface area contributed by atoms with Gasteiger partial charge in [-0.15, -0.1) is 11.6 Å². The molecule has 0 saturated carbocycles. The van der Waals surface area contributed by atoms with Crippen LogP contribution >= 0.6 is 35.6 Å². The minimum Gasteiger partial charge on any atom is -0.342 e.